The molecule has 1 saturated carbocycles. The molecule has 8 rings (SSSR count). The highest BCUT2D eigenvalue weighted by Gasteiger charge is 2.72. The summed E-state index contributed by atoms with van der Waals surface area (Å²) in [6.07, 6.45) is 6.10. The summed E-state index contributed by atoms with van der Waals surface area (Å²) in [5, 5.41) is 33.3. The van der Waals surface area contributed by atoms with Crippen LogP contribution in [0, 0.1) is 5.92 Å². The normalized spacial score (nSPS) is 32.0. The smallest absolute Gasteiger partial charge is 0.166 e. The first-order chi connectivity index (χ1) is 17.0. The van der Waals surface area contributed by atoms with Crippen LogP contribution in [-0.4, -0.2) is 49.9 Å². The summed E-state index contributed by atoms with van der Waals surface area (Å²) in [5.41, 5.74) is 4.42. The van der Waals surface area contributed by atoms with E-state index in [4.69, 9.17) is 9.72 Å². The van der Waals surface area contributed by atoms with Gasteiger partial charge in [-0.05, 0) is 79.1 Å². The van der Waals surface area contributed by atoms with Crippen LogP contribution in [0.4, 0.5) is 0 Å². The lowest BCUT2D eigenvalue weighted by Gasteiger charge is -2.63. The number of likely N-dealkylation sites (tertiary alicyclic amines) is 1. The maximum Gasteiger partial charge on any atom is 0.166 e. The van der Waals surface area contributed by atoms with Crippen LogP contribution < -0.4 is 4.74 Å². The van der Waals surface area contributed by atoms with E-state index in [1.54, 1.807) is 18.2 Å². The first kappa shape index (κ1) is 20.1. The highest BCUT2D eigenvalue weighted by atomic mass is 16.5. The van der Waals surface area contributed by atoms with Gasteiger partial charge in [0.1, 0.15) is 5.75 Å². The molecule has 1 saturated heterocycles. The average Bonchev–Trinajstić information content (AvgIpc) is 3.59. The quantitative estimate of drug-likeness (QED) is 0.541. The van der Waals surface area contributed by atoms with Crippen LogP contribution in [0.3, 0.4) is 0 Å². The Balaban J connectivity index is 1.32. The van der Waals surface area contributed by atoms with Crippen molar-refractivity contribution in [1.29, 1.82) is 0 Å². The third-order valence-electron chi connectivity index (χ3n) is 9.42. The number of ether oxygens (including phenoxy) is 1. The molecule has 0 unspecified atom stereocenters. The van der Waals surface area contributed by atoms with E-state index < -0.39 is 17.1 Å². The summed E-state index contributed by atoms with van der Waals surface area (Å²) in [7, 11) is 0. The molecule has 0 amide bonds. The molecule has 2 aliphatic heterocycles. The van der Waals surface area contributed by atoms with Crippen molar-refractivity contribution in [3.05, 3.63) is 71.0 Å². The maximum atomic E-state index is 12.8. The third-order valence-corrected chi connectivity index (χ3v) is 9.42. The second-order valence-electron chi connectivity index (χ2n) is 11.2. The molecule has 0 radical (unpaired) electrons. The van der Waals surface area contributed by atoms with Gasteiger partial charge < -0.3 is 20.1 Å². The van der Waals surface area contributed by atoms with Gasteiger partial charge in [0, 0.05) is 36.3 Å². The highest BCUT2D eigenvalue weighted by molar-refractivity contribution is 5.68. The van der Waals surface area contributed by atoms with Crippen molar-refractivity contribution < 1.29 is 20.1 Å². The number of aliphatic hydroxyl groups is 1. The van der Waals surface area contributed by atoms with Crippen molar-refractivity contribution in [1.82, 2.24) is 9.88 Å². The van der Waals surface area contributed by atoms with Gasteiger partial charge in [0.05, 0.1) is 16.7 Å². The lowest BCUT2D eigenvalue weighted by molar-refractivity contribution is -0.173. The van der Waals surface area contributed by atoms with E-state index in [-0.39, 0.29) is 17.5 Å². The number of phenolic OH excluding ortho intramolecular Hbond substituents is 2. The van der Waals surface area contributed by atoms with E-state index in [0.717, 1.165) is 59.8 Å². The van der Waals surface area contributed by atoms with Gasteiger partial charge in [-0.1, -0.05) is 18.2 Å². The van der Waals surface area contributed by atoms with Crippen molar-refractivity contribution in [2.24, 2.45) is 5.92 Å². The lowest BCUT2D eigenvalue weighted by Crippen LogP contribution is -2.74. The Bertz CT molecular complexity index is 1380. The number of aromatic nitrogens is 1. The zero-order valence-electron chi connectivity index (χ0n) is 19.4. The number of hydrogen-bond acceptors (Lipinski definition) is 6. The number of rotatable bonds is 3. The Morgan fingerprint density at radius 2 is 1.86 bits per heavy atom. The number of piperidine rings is 1. The van der Waals surface area contributed by atoms with Gasteiger partial charge in [-0.2, -0.15) is 0 Å². The molecule has 35 heavy (non-hydrogen) atoms. The highest BCUT2D eigenvalue weighted by Crippen LogP contribution is 2.68. The predicted octanol–water partition coefficient (Wildman–Crippen LogP) is 3.86. The molecule has 2 bridgehead atoms. The largest absolute Gasteiger partial charge is 0.508 e. The van der Waals surface area contributed by atoms with Crippen LogP contribution in [0.1, 0.15) is 47.8 Å². The fourth-order valence-corrected chi connectivity index (χ4v) is 7.65. The first-order valence-corrected chi connectivity index (χ1v) is 12.7. The van der Waals surface area contributed by atoms with Gasteiger partial charge in [0.25, 0.3) is 0 Å². The Morgan fingerprint density at radius 1 is 1.03 bits per heavy atom. The summed E-state index contributed by atoms with van der Waals surface area (Å²) in [6, 6.07) is 13.0. The van der Waals surface area contributed by atoms with E-state index >= 15 is 0 Å². The zero-order chi connectivity index (χ0) is 23.5. The standard InChI is InChI=1S/C29H28N2O4/c32-21-6-3-17(4-7-21)20-11-19-13-29(34)23-12-18-5-8-22(33)26-24(18)28(29,27(35-26)25(19)30-14-20)9-10-31(23)15-16-1-2-16/h3-8,11,14,16,23,27,32-34H,1-2,9-10,12-13,15H2/t23-,27+,28+,29-/m1/s1. The van der Waals surface area contributed by atoms with Crippen molar-refractivity contribution >= 4 is 0 Å². The summed E-state index contributed by atoms with van der Waals surface area (Å²) < 4.78 is 6.57. The zero-order valence-corrected chi connectivity index (χ0v) is 19.4. The van der Waals surface area contributed by atoms with Crippen LogP contribution in [0.2, 0.25) is 0 Å². The second kappa shape index (κ2) is 6.56. The molecule has 2 aromatic carbocycles. The molecule has 3 heterocycles. The monoisotopic (exact) mass is 468 g/mol. The van der Waals surface area contributed by atoms with Crippen molar-refractivity contribution in [3.8, 4) is 28.4 Å². The van der Waals surface area contributed by atoms with Crippen LogP contribution in [-0.2, 0) is 18.3 Å². The molecule has 5 aliphatic rings. The van der Waals surface area contributed by atoms with Crippen LogP contribution >= 0.6 is 0 Å². The minimum absolute atomic E-state index is 0.0106. The number of pyridine rings is 1. The maximum absolute atomic E-state index is 12.8. The minimum atomic E-state index is -1.00. The molecule has 6 nitrogen and oxygen atoms in total. The molecular formula is C29H28N2O4. The molecule has 4 atom stereocenters. The van der Waals surface area contributed by atoms with E-state index in [1.807, 2.05) is 24.4 Å². The summed E-state index contributed by atoms with van der Waals surface area (Å²) >= 11 is 0. The van der Waals surface area contributed by atoms with Gasteiger partial charge >= 0.3 is 0 Å². The van der Waals surface area contributed by atoms with E-state index in [1.165, 1.54) is 18.4 Å². The van der Waals surface area contributed by atoms with E-state index in [2.05, 4.69) is 11.0 Å². The Labute approximate surface area is 203 Å². The number of fused-ring (bicyclic) bond motifs is 2. The first-order valence-electron chi connectivity index (χ1n) is 12.7. The van der Waals surface area contributed by atoms with E-state index in [9.17, 15) is 15.3 Å². The molecule has 3 N–H and O–H groups in total. The number of aromatic hydroxyl groups is 2. The molecule has 6 heteroatoms. The minimum Gasteiger partial charge on any atom is -0.508 e. The molecule has 3 aliphatic carbocycles. The molecule has 2 fully saturated rings. The number of benzene rings is 2. The number of hydrogen-bond donors (Lipinski definition) is 3. The fraction of sp³-hybridized carbons (Fsp3) is 0.414. The average molecular weight is 469 g/mol. The summed E-state index contributed by atoms with van der Waals surface area (Å²) in [5.74, 6) is 1.67. The predicted molar refractivity (Wildman–Crippen MR) is 130 cm³/mol. The summed E-state index contributed by atoms with van der Waals surface area (Å²) in [4.78, 5) is 7.46. The van der Waals surface area contributed by atoms with Crippen LogP contribution in [0.15, 0.2) is 48.7 Å². The van der Waals surface area contributed by atoms with Crippen molar-refractivity contribution in [3.63, 3.8) is 0 Å². The third kappa shape index (κ3) is 2.49. The van der Waals surface area contributed by atoms with Crippen molar-refractivity contribution in [2.75, 3.05) is 13.1 Å². The molecule has 1 aromatic heterocycles. The topological polar surface area (TPSA) is 86.1 Å². The van der Waals surface area contributed by atoms with Crippen LogP contribution in [0.25, 0.3) is 11.1 Å². The molecule has 1 spiro atoms. The molecule has 3 aromatic rings. The Morgan fingerprint density at radius 3 is 2.66 bits per heavy atom. The van der Waals surface area contributed by atoms with Gasteiger partial charge in [0.15, 0.2) is 17.6 Å². The number of phenols is 2. The van der Waals surface area contributed by atoms with Gasteiger partial charge in [0.2, 0.25) is 0 Å². The summed E-state index contributed by atoms with van der Waals surface area (Å²) in [6.45, 7) is 1.98. The van der Waals surface area contributed by atoms with Crippen LogP contribution in [0.5, 0.6) is 17.2 Å². The SMILES string of the molecule is Oc1ccc(-c2cnc3c(c2)C[C@@]2(O)[C@H]4Cc5ccc(O)c6c5[C@@]2(CCN4CC2CC2)[C@H]3O6)cc1. The Kier molecular flexibility index (Phi) is 3.78. The van der Waals surface area contributed by atoms with E-state index in [0.29, 0.717) is 12.2 Å². The lowest BCUT2D eigenvalue weighted by atomic mass is 9.49. The molecule has 178 valence electrons. The van der Waals surface area contributed by atoms with Gasteiger partial charge in [-0.25, -0.2) is 0 Å². The van der Waals surface area contributed by atoms with Gasteiger partial charge in [-0.3, -0.25) is 9.88 Å². The van der Waals surface area contributed by atoms with Crippen molar-refractivity contribution in [2.45, 2.75) is 55.3 Å². The number of nitrogens with zero attached hydrogens (tertiary/aromatic N) is 2. The fourth-order valence-electron chi connectivity index (χ4n) is 7.65. The van der Waals surface area contributed by atoms with Gasteiger partial charge in [-0.15, -0.1) is 0 Å². The second-order valence-corrected chi connectivity index (χ2v) is 11.2. The Hall–Kier alpha value is -3.09. The molecular weight excluding hydrogens is 440 g/mol.